The number of nitrogens with zero attached hydrogens (tertiary/aromatic N) is 1. The van der Waals surface area contributed by atoms with Gasteiger partial charge in [0.05, 0.1) is 0 Å². The summed E-state index contributed by atoms with van der Waals surface area (Å²) in [5.41, 5.74) is 2.02. The molecule has 23 heavy (non-hydrogen) atoms. The summed E-state index contributed by atoms with van der Waals surface area (Å²) in [4.78, 5) is 0. The Morgan fingerprint density at radius 1 is 1.04 bits per heavy atom. The Balaban J connectivity index is 1.78. The highest BCUT2D eigenvalue weighted by Crippen LogP contribution is 2.27. The number of hydrogen-bond donors (Lipinski definition) is 0. The van der Waals surface area contributed by atoms with Crippen LogP contribution in [0, 0.1) is 11.3 Å². The van der Waals surface area contributed by atoms with Crippen LogP contribution in [0.2, 0.25) is 5.02 Å². The van der Waals surface area contributed by atoms with Crippen molar-refractivity contribution in [3.63, 3.8) is 0 Å². The Kier molecular flexibility index (Phi) is 4.65. The minimum atomic E-state index is 0.300. The highest BCUT2D eigenvalue weighted by atomic mass is 35.5. The Bertz CT molecular complexity index is 834. The monoisotopic (exact) mass is 323 g/mol. The summed E-state index contributed by atoms with van der Waals surface area (Å²) in [5, 5.41) is 9.47. The van der Waals surface area contributed by atoms with Gasteiger partial charge in [0.1, 0.15) is 24.2 Å². The first kappa shape index (κ1) is 15.2. The van der Waals surface area contributed by atoms with Gasteiger partial charge in [0.2, 0.25) is 5.76 Å². The molecule has 0 aliphatic heterocycles. The molecule has 1 aromatic heterocycles. The topological polar surface area (TPSA) is 46.2 Å². The minimum Gasteiger partial charge on any atom is -0.489 e. The molecule has 0 bridgehead atoms. The summed E-state index contributed by atoms with van der Waals surface area (Å²) < 4.78 is 11.4. The molecule has 1 heterocycles. The molecule has 114 valence electrons. The van der Waals surface area contributed by atoms with Crippen LogP contribution < -0.4 is 4.74 Å². The van der Waals surface area contributed by atoms with Gasteiger partial charge in [-0.05, 0) is 35.9 Å². The summed E-state index contributed by atoms with van der Waals surface area (Å²) in [5.74, 6) is 1.76. The van der Waals surface area contributed by atoms with E-state index in [0.29, 0.717) is 29.6 Å². The SMILES string of the molecule is N#Cc1ccc(Cc2cc(Cl)ccc2OCc2ccccc2)o1. The van der Waals surface area contributed by atoms with Crippen molar-refractivity contribution in [1.82, 2.24) is 0 Å². The van der Waals surface area contributed by atoms with Crippen LogP contribution >= 0.6 is 11.6 Å². The van der Waals surface area contributed by atoms with Crippen molar-refractivity contribution in [2.45, 2.75) is 13.0 Å². The summed E-state index contributed by atoms with van der Waals surface area (Å²) in [6, 6.07) is 20.9. The van der Waals surface area contributed by atoms with E-state index in [1.165, 1.54) is 0 Å². The molecule has 3 rings (SSSR count). The Hall–Kier alpha value is -2.70. The molecule has 0 spiro atoms. The molecule has 4 heteroatoms. The first-order chi connectivity index (χ1) is 11.2. The van der Waals surface area contributed by atoms with Crippen LogP contribution in [-0.2, 0) is 13.0 Å². The highest BCUT2D eigenvalue weighted by molar-refractivity contribution is 6.30. The molecule has 0 saturated heterocycles. The Morgan fingerprint density at radius 3 is 2.61 bits per heavy atom. The first-order valence-corrected chi connectivity index (χ1v) is 7.56. The maximum absolute atomic E-state index is 8.84. The van der Waals surface area contributed by atoms with E-state index in [1.807, 2.05) is 48.5 Å². The van der Waals surface area contributed by atoms with Gasteiger partial charge < -0.3 is 9.15 Å². The number of rotatable bonds is 5. The smallest absolute Gasteiger partial charge is 0.203 e. The molecule has 3 nitrogen and oxygen atoms in total. The number of halogens is 1. The lowest BCUT2D eigenvalue weighted by atomic mass is 10.1. The fraction of sp³-hybridized carbons (Fsp3) is 0.105. The zero-order valence-electron chi connectivity index (χ0n) is 12.3. The van der Waals surface area contributed by atoms with E-state index in [4.69, 9.17) is 26.0 Å². The van der Waals surface area contributed by atoms with Gasteiger partial charge in [-0.25, -0.2) is 0 Å². The highest BCUT2D eigenvalue weighted by Gasteiger charge is 2.09. The zero-order chi connectivity index (χ0) is 16.1. The third kappa shape index (κ3) is 3.94. The minimum absolute atomic E-state index is 0.300. The van der Waals surface area contributed by atoms with Crippen molar-refractivity contribution in [1.29, 1.82) is 5.26 Å². The van der Waals surface area contributed by atoms with Gasteiger partial charge in [-0.1, -0.05) is 41.9 Å². The lowest BCUT2D eigenvalue weighted by molar-refractivity contribution is 0.303. The van der Waals surface area contributed by atoms with Gasteiger partial charge in [0, 0.05) is 17.0 Å². The van der Waals surface area contributed by atoms with E-state index in [9.17, 15) is 0 Å². The molecule has 2 aromatic carbocycles. The average molecular weight is 324 g/mol. The Labute approximate surface area is 139 Å². The van der Waals surface area contributed by atoms with Crippen molar-refractivity contribution in [3.05, 3.63) is 88.3 Å². The van der Waals surface area contributed by atoms with Crippen LogP contribution in [0.4, 0.5) is 0 Å². The average Bonchev–Trinajstić information content (AvgIpc) is 3.03. The third-order valence-electron chi connectivity index (χ3n) is 3.40. The number of hydrogen-bond acceptors (Lipinski definition) is 3. The van der Waals surface area contributed by atoms with Crippen molar-refractivity contribution >= 4 is 11.6 Å². The van der Waals surface area contributed by atoms with Crippen LogP contribution in [0.25, 0.3) is 0 Å². The molecule has 0 atom stereocenters. The number of nitriles is 1. The largest absolute Gasteiger partial charge is 0.489 e. The van der Waals surface area contributed by atoms with Crippen molar-refractivity contribution in [2.24, 2.45) is 0 Å². The Morgan fingerprint density at radius 2 is 1.87 bits per heavy atom. The molecule has 0 aliphatic rings. The van der Waals surface area contributed by atoms with Crippen molar-refractivity contribution < 1.29 is 9.15 Å². The van der Waals surface area contributed by atoms with Gasteiger partial charge in [0.15, 0.2) is 0 Å². The number of ether oxygens (including phenoxy) is 1. The van der Waals surface area contributed by atoms with E-state index < -0.39 is 0 Å². The van der Waals surface area contributed by atoms with Crippen molar-refractivity contribution in [3.8, 4) is 11.8 Å². The van der Waals surface area contributed by atoms with E-state index in [-0.39, 0.29) is 0 Å². The van der Waals surface area contributed by atoms with Crippen molar-refractivity contribution in [2.75, 3.05) is 0 Å². The lowest BCUT2D eigenvalue weighted by Gasteiger charge is -2.11. The standard InChI is InChI=1S/C19H14ClNO2/c20-16-6-9-19(22-13-14-4-2-1-3-5-14)15(10-16)11-17-7-8-18(12-21)23-17/h1-10H,11,13H2. The molecule has 0 unspecified atom stereocenters. The van der Waals surface area contributed by atoms with Gasteiger partial charge in [-0.15, -0.1) is 0 Å². The normalized spacial score (nSPS) is 10.3. The molecule has 0 fully saturated rings. The number of benzene rings is 2. The van der Waals surface area contributed by atoms with Crippen LogP contribution in [0.5, 0.6) is 5.75 Å². The van der Waals surface area contributed by atoms with E-state index >= 15 is 0 Å². The summed E-state index contributed by atoms with van der Waals surface area (Å²) in [6.07, 6.45) is 0.520. The summed E-state index contributed by atoms with van der Waals surface area (Å²) in [7, 11) is 0. The fourth-order valence-electron chi connectivity index (χ4n) is 2.28. The fourth-order valence-corrected chi connectivity index (χ4v) is 2.48. The van der Waals surface area contributed by atoms with Crippen LogP contribution in [0.1, 0.15) is 22.6 Å². The van der Waals surface area contributed by atoms with Crippen LogP contribution in [0.15, 0.2) is 65.1 Å². The second-order valence-electron chi connectivity index (χ2n) is 5.08. The van der Waals surface area contributed by atoms with Gasteiger partial charge in [-0.2, -0.15) is 5.26 Å². The molecule has 0 N–H and O–H groups in total. The first-order valence-electron chi connectivity index (χ1n) is 7.18. The maximum atomic E-state index is 8.84. The predicted octanol–water partition coefficient (Wildman–Crippen LogP) is 4.97. The van der Waals surface area contributed by atoms with E-state index in [1.54, 1.807) is 18.2 Å². The van der Waals surface area contributed by atoms with Gasteiger partial charge in [0.25, 0.3) is 0 Å². The quantitative estimate of drug-likeness (QED) is 0.665. The molecular weight excluding hydrogens is 310 g/mol. The second kappa shape index (κ2) is 7.04. The maximum Gasteiger partial charge on any atom is 0.203 e. The molecule has 3 aromatic rings. The summed E-state index contributed by atoms with van der Waals surface area (Å²) >= 11 is 6.09. The van der Waals surface area contributed by atoms with Crippen LogP contribution in [-0.4, -0.2) is 0 Å². The lowest BCUT2D eigenvalue weighted by Crippen LogP contribution is -1.99. The molecule has 0 amide bonds. The molecular formula is C19H14ClNO2. The van der Waals surface area contributed by atoms with Gasteiger partial charge in [-0.3, -0.25) is 0 Å². The van der Waals surface area contributed by atoms with E-state index in [0.717, 1.165) is 16.9 Å². The second-order valence-corrected chi connectivity index (χ2v) is 5.52. The molecule has 0 saturated carbocycles. The predicted molar refractivity (Wildman–Crippen MR) is 88.5 cm³/mol. The van der Waals surface area contributed by atoms with Crippen LogP contribution in [0.3, 0.4) is 0 Å². The molecule has 0 radical (unpaired) electrons. The zero-order valence-corrected chi connectivity index (χ0v) is 13.1. The number of furan rings is 1. The third-order valence-corrected chi connectivity index (χ3v) is 3.63. The molecule has 0 aliphatic carbocycles. The van der Waals surface area contributed by atoms with E-state index in [2.05, 4.69) is 0 Å². The summed E-state index contributed by atoms with van der Waals surface area (Å²) in [6.45, 7) is 0.483. The van der Waals surface area contributed by atoms with Gasteiger partial charge >= 0.3 is 0 Å².